The van der Waals surface area contributed by atoms with Crippen molar-refractivity contribution in [3.8, 4) is 11.5 Å². The Morgan fingerprint density at radius 2 is 1.55 bits per heavy atom. The van der Waals surface area contributed by atoms with Gasteiger partial charge >= 0.3 is 24.1 Å². The molecule has 3 heterocycles. The van der Waals surface area contributed by atoms with E-state index in [1.54, 1.807) is 97.9 Å². The summed E-state index contributed by atoms with van der Waals surface area (Å²) in [5.41, 5.74) is -2.19. The second-order valence-corrected chi connectivity index (χ2v) is 17.3. The lowest BCUT2D eigenvalue weighted by Gasteiger charge is -2.61. The number of carbonyl (C=O) groups is 4. The van der Waals surface area contributed by atoms with Crippen LogP contribution in [-0.2, 0) is 54.6 Å². The number of ether oxygens (including phenoxy) is 8. The van der Waals surface area contributed by atoms with Gasteiger partial charge in [-0.05, 0) is 99.5 Å². The van der Waals surface area contributed by atoms with Crippen LogP contribution in [0.4, 0.5) is 4.79 Å². The van der Waals surface area contributed by atoms with Crippen LogP contribution in [0.25, 0.3) is 0 Å². The molecule has 1 spiro atoms. The summed E-state index contributed by atoms with van der Waals surface area (Å²) in [4.78, 5) is 56.3. The summed E-state index contributed by atoms with van der Waals surface area (Å²) in [5.74, 6) is -3.68. The smallest absolute Gasteiger partial charge is 0.477 e. The molecular formula is C41H49NO13. The second-order valence-electron chi connectivity index (χ2n) is 17.3. The molecule has 55 heavy (non-hydrogen) atoms. The quantitative estimate of drug-likeness (QED) is 0.228. The Balaban J connectivity index is 1.21. The molecule has 2 aromatic carbocycles. The van der Waals surface area contributed by atoms with Crippen molar-refractivity contribution >= 4 is 24.1 Å². The Kier molecular flexibility index (Phi) is 9.39. The third-order valence-corrected chi connectivity index (χ3v) is 10.7. The van der Waals surface area contributed by atoms with Gasteiger partial charge in [0.05, 0.1) is 11.0 Å². The van der Waals surface area contributed by atoms with Gasteiger partial charge in [0.15, 0.2) is 35.6 Å². The van der Waals surface area contributed by atoms with Gasteiger partial charge in [-0.15, -0.1) is 0 Å². The first kappa shape index (κ1) is 38.8. The summed E-state index contributed by atoms with van der Waals surface area (Å²) in [6, 6.07) is 11.5. The second kappa shape index (κ2) is 13.3. The number of piperidine rings is 1. The lowest BCUT2D eigenvalue weighted by molar-refractivity contribution is -0.184. The topological polar surface area (TPSA) is 166 Å². The molecule has 2 fully saturated rings. The zero-order chi connectivity index (χ0) is 39.9. The molecule has 7 atom stereocenters. The van der Waals surface area contributed by atoms with Gasteiger partial charge in [-0.3, -0.25) is 0 Å². The molecule has 2 aliphatic carbocycles. The number of likely N-dealkylation sites (N-methyl/N-ethyl adjacent to an activating group) is 1. The summed E-state index contributed by atoms with van der Waals surface area (Å²) in [6.45, 7) is 13.9. The fourth-order valence-corrected chi connectivity index (χ4v) is 8.57. The number of aliphatic hydroxyl groups is 1. The van der Waals surface area contributed by atoms with E-state index in [0.29, 0.717) is 30.5 Å². The van der Waals surface area contributed by atoms with Gasteiger partial charge in [0.1, 0.15) is 17.0 Å². The monoisotopic (exact) mass is 763 g/mol. The highest BCUT2D eigenvalue weighted by molar-refractivity contribution is 5.88. The van der Waals surface area contributed by atoms with Gasteiger partial charge in [0.2, 0.25) is 6.10 Å². The summed E-state index contributed by atoms with van der Waals surface area (Å²) >= 11 is 0. The van der Waals surface area contributed by atoms with E-state index in [2.05, 4.69) is 4.90 Å². The van der Waals surface area contributed by atoms with Crippen LogP contribution in [0, 0.1) is 0 Å². The van der Waals surface area contributed by atoms with Crippen molar-refractivity contribution in [3.05, 3.63) is 71.0 Å². The Bertz CT molecular complexity index is 1930. The average molecular weight is 764 g/mol. The van der Waals surface area contributed by atoms with Gasteiger partial charge in [0.25, 0.3) is 0 Å². The Morgan fingerprint density at radius 3 is 2.20 bits per heavy atom. The number of esters is 3. The molecule has 7 rings (SSSR count). The highest BCUT2D eigenvalue weighted by Crippen LogP contribution is 2.65. The third kappa shape index (κ3) is 6.87. The van der Waals surface area contributed by atoms with Crippen LogP contribution in [0.15, 0.2) is 54.3 Å². The molecule has 0 amide bonds. The van der Waals surface area contributed by atoms with Crippen LogP contribution in [-0.4, -0.2) is 94.6 Å². The standard InChI is InChI=1S/C41H49NO13/c1-37(2,3)54-35(45)31-30(52-39(7,8)53-31)34(44)51-28(22-13-11-10-12-14-22)33(43)48-25-17-18-41(47)26-21-23-15-16-24(49-36(46)55-38(4,5)6)29-27(23)40(41,32(25)50-29)19-20-42(26)9/h10-17,26,28,30-32,47H,18-21H2,1-9H3/t26-,28+,30?,31-,32+,40+,41-/m1/s1. The molecule has 5 aliphatic rings. The van der Waals surface area contributed by atoms with E-state index in [1.807, 2.05) is 13.1 Å². The zero-order valence-electron chi connectivity index (χ0n) is 32.6. The van der Waals surface area contributed by atoms with Crippen molar-refractivity contribution in [1.29, 1.82) is 0 Å². The van der Waals surface area contributed by atoms with Crippen LogP contribution < -0.4 is 9.47 Å². The fraction of sp³-hybridized carbons (Fsp3) is 0.561. The molecule has 1 unspecified atom stereocenters. The van der Waals surface area contributed by atoms with Gasteiger partial charge in [-0.25, -0.2) is 19.2 Å². The van der Waals surface area contributed by atoms with E-state index in [4.69, 9.17) is 37.9 Å². The van der Waals surface area contributed by atoms with Crippen molar-refractivity contribution in [2.24, 2.45) is 0 Å². The van der Waals surface area contributed by atoms with E-state index in [9.17, 15) is 24.3 Å². The summed E-state index contributed by atoms with van der Waals surface area (Å²) in [6.07, 6.45) is -3.86. The van der Waals surface area contributed by atoms with Crippen molar-refractivity contribution in [1.82, 2.24) is 4.90 Å². The third-order valence-electron chi connectivity index (χ3n) is 10.7. The lowest BCUT2D eigenvalue weighted by Crippen LogP contribution is -2.74. The van der Waals surface area contributed by atoms with Gasteiger partial charge in [-0.2, -0.15) is 0 Å². The molecule has 0 aromatic heterocycles. The molecule has 2 aromatic rings. The number of hydrogen-bond acceptors (Lipinski definition) is 14. The highest BCUT2D eigenvalue weighted by atomic mass is 16.8. The zero-order valence-corrected chi connectivity index (χ0v) is 32.6. The molecule has 2 bridgehead atoms. The lowest BCUT2D eigenvalue weighted by atomic mass is 9.50. The maximum absolute atomic E-state index is 14.3. The Morgan fingerprint density at radius 1 is 0.891 bits per heavy atom. The van der Waals surface area contributed by atoms with Crippen molar-refractivity contribution < 1.29 is 62.2 Å². The molecule has 1 N–H and O–H groups in total. The van der Waals surface area contributed by atoms with Crippen LogP contribution in [0.1, 0.15) is 91.0 Å². The first-order valence-corrected chi connectivity index (χ1v) is 18.5. The molecule has 14 nitrogen and oxygen atoms in total. The molecule has 296 valence electrons. The first-order chi connectivity index (χ1) is 25.6. The number of hydrogen-bond donors (Lipinski definition) is 1. The van der Waals surface area contributed by atoms with Crippen LogP contribution in [0.3, 0.4) is 0 Å². The van der Waals surface area contributed by atoms with Gasteiger partial charge < -0.3 is 47.9 Å². The molecule has 3 aliphatic heterocycles. The maximum Gasteiger partial charge on any atom is 0.514 e. The Labute approximate surface area is 319 Å². The maximum atomic E-state index is 14.3. The minimum absolute atomic E-state index is 0.107. The number of nitrogens with zero attached hydrogens (tertiary/aromatic N) is 1. The number of carbonyl (C=O) groups excluding carboxylic acids is 4. The normalized spacial score (nSPS) is 29.5. The summed E-state index contributed by atoms with van der Waals surface area (Å²) in [5, 5.41) is 12.7. The van der Waals surface area contributed by atoms with Crippen molar-refractivity contribution in [2.75, 3.05) is 13.6 Å². The van der Waals surface area contributed by atoms with E-state index < -0.39 is 76.5 Å². The predicted molar refractivity (Wildman–Crippen MR) is 193 cm³/mol. The molecular weight excluding hydrogens is 714 g/mol. The Hall–Kier alpha value is -4.50. The highest BCUT2D eigenvalue weighted by Gasteiger charge is 2.72. The molecule has 2 saturated heterocycles. The predicted octanol–water partition coefficient (Wildman–Crippen LogP) is 4.97. The molecule has 0 radical (unpaired) electrons. The van der Waals surface area contributed by atoms with E-state index >= 15 is 0 Å². The first-order valence-electron chi connectivity index (χ1n) is 18.5. The minimum Gasteiger partial charge on any atom is -0.477 e. The van der Waals surface area contributed by atoms with Gasteiger partial charge in [0, 0.05) is 23.6 Å². The minimum atomic E-state index is -1.61. The van der Waals surface area contributed by atoms with Crippen molar-refractivity contribution in [2.45, 2.75) is 133 Å². The number of likely N-dealkylation sites (tertiary alicyclic amines) is 1. The largest absolute Gasteiger partial charge is 0.514 e. The number of benzene rings is 2. The van der Waals surface area contributed by atoms with Crippen LogP contribution >= 0.6 is 0 Å². The SMILES string of the molecule is CN1CC[C@]23c4c5ccc(OC(=O)OC(C)(C)C)c4O[C@H]2C(OC(=O)[C@@H](OC(=O)C2OC(C)(C)O[C@H]2C(=O)OC(C)(C)C)c2ccccc2)=CC[C@@]3(O)[C@H]1C5. The van der Waals surface area contributed by atoms with Crippen LogP contribution in [0.2, 0.25) is 0 Å². The van der Waals surface area contributed by atoms with Crippen molar-refractivity contribution in [3.63, 3.8) is 0 Å². The van der Waals surface area contributed by atoms with E-state index in [-0.39, 0.29) is 29.7 Å². The summed E-state index contributed by atoms with van der Waals surface area (Å²) < 4.78 is 46.9. The molecule has 0 saturated carbocycles. The fourth-order valence-electron chi connectivity index (χ4n) is 8.57. The van der Waals surface area contributed by atoms with Gasteiger partial charge in [-0.1, -0.05) is 36.4 Å². The van der Waals surface area contributed by atoms with E-state index in [1.165, 1.54) is 0 Å². The molecule has 14 heteroatoms. The van der Waals surface area contributed by atoms with E-state index in [0.717, 1.165) is 5.56 Å². The summed E-state index contributed by atoms with van der Waals surface area (Å²) in [7, 11) is 1.97. The number of rotatable bonds is 7. The van der Waals surface area contributed by atoms with Crippen LogP contribution in [0.5, 0.6) is 11.5 Å². The average Bonchev–Trinajstić information content (AvgIpc) is 3.61.